The van der Waals surface area contributed by atoms with Crippen LogP contribution in [0.4, 0.5) is 22.7 Å². The summed E-state index contributed by atoms with van der Waals surface area (Å²) in [6, 6.07) is 11.7. The van der Waals surface area contributed by atoms with Crippen molar-refractivity contribution in [3.63, 3.8) is 0 Å². The summed E-state index contributed by atoms with van der Waals surface area (Å²) in [5.74, 6) is -0.343. The lowest BCUT2D eigenvalue weighted by Crippen LogP contribution is -2.10. The van der Waals surface area contributed by atoms with Crippen LogP contribution < -0.4 is 16.0 Å². The SMILES string of the molecule is CC(=O)Nc1ccccc1Nc1cc(O)ccc1NC(C)=O. The Bertz CT molecular complexity index is 714. The molecule has 0 radical (unpaired) electrons. The molecule has 2 aromatic carbocycles. The van der Waals surface area contributed by atoms with Crippen LogP contribution in [0.3, 0.4) is 0 Å². The normalized spacial score (nSPS) is 9.91. The van der Waals surface area contributed by atoms with Crippen molar-refractivity contribution in [2.45, 2.75) is 13.8 Å². The van der Waals surface area contributed by atoms with Crippen molar-refractivity contribution in [2.75, 3.05) is 16.0 Å². The molecule has 0 atom stereocenters. The number of nitrogens with one attached hydrogen (secondary N) is 3. The first-order valence-corrected chi connectivity index (χ1v) is 6.70. The molecule has 0 bridgehead atoms. The van der Waals surface area contributed by atoms with Gasteiger partial charge in [-0.25, -0.2) is 0 Å². The molecule has 2 rings (SSSR count). The van der Waals surface area contributed by atoms with Gasteiger partial charge in [0.2, 0.25) is 11.8 Å². The van der Waals surface area contributed by atoms with Crippen molar-refractivity contribution >= 4 is 34.6 Å². The maximum absolute atomic E-state index is 11.3. The van der Waals surface area contributed by atoms with Gasteiger partial charge in [0.15, 0.2) is 0 Å². The minimum absolute atomic E-state index is 0.0635. The molecule has 0 aromatic heterocycles. The third kappa shape index (κ3) is 3.99. The van der Waals surface area contributed by atoms with Gasteiger partial charge in [0.05, 0.1) is 22.7 Å². The lowest BCUT2D eigenvalue weighted by molar-refractivity contribution is -0.115. The van der Waals surface area contributed by atoms with Crippen LogP contribution in [0.25, 0.3) is 0 Å². The first kappa shape index (κ1) is 15.4. The van der Waals surface area contributed by atoms with Crippen molar-refractivity contribution in [1.29, 1.82) is 0 Å². The average molecular weight is 299 g/mol. The highest BCUT2D eigenvalue weighted by molar-refractivity contribution is 5.96. The fourth-order valence-electron chi connectivity index (χ4n) is 1.97. The molecule has 2 amide bonds. The number of carbonyl (C=O) groups excluding carboxylic acids is 2. The maximum atomic E-state index is 11.3. The summed E-state index contributed by atoms with van der Waals surface area (Å²) in [7, 11) is 0. The monoisotopic (exact) mass is 299 g/mol. The number of rotatable bonds is 4. The van der Waals surface area contributed by atoms with Crippen molar-refractivity contribution in [2.24, 2.45) is 0 Å². The van der Waals surface area contributed by atoms with Gasteiger partial charge in [-0.2, -0.15) is 0 Å². The zero-order valence-corrected chi connectivity index (χ0v) is 12.3. The number of anilines is 4. The van der Waals surface area contributed by atoms with Crippen LogP contribution in [0.1, 0.15) is 13.8 Å². The highest BCUT2D eigenvalue weighted by atomic mass is 16.3. The summed E-state index contributed by atoms with van der Waals surface area (Å²) < 4.78 is 0. The van der Waals surface area contributed by atoms with E-state index in [9.17, 15) is 14.7 Å². The number of carbonyl (C=O) groups is 2. The number of benzene rings is 2. The van der Waals surface area contributed by atoms with E-state index in [1.807, 2.05) is 6.07 Å². The minimum Gasteiger partial charge on any atom is -0.508 e. The van der Waals surface area contributed by atoms with E-state index in [4.69, 9.17) is 0 Å². The van der Waals surface area contributed by atoms with Crippen LogP contribution in [-0.4, -0.2) is 16.9 Å². The minimum atomic E-state index is -0.219. The van der Waals surface area contributed by atoms with Crippen molar-refractivity contribution < 1.29 is 14.7 Å². The molecule has 0 aliphatic rings. The van der Waals surface area contributed by atoms with Crippen molar-refractivity contribution in [3.05, 3.63) is 42.5 Å². The molecule has 0 saturated heterocycles. The number of phenolic OH excluding ortho intramolecular Hbond substituents is 1. The number of amides is 2. The number of hydrogen-bond acceptors (Lipinski definition) is 4. The highest BCUT2D eigenvalue weighted by Crippen LogP contribution is 2.32. The molecule has 0 aliphatic heterocycles. The van der Waals surface area contributed by atoms with E-state index in [-0.39, 0.29) is 17.6 Å². The van der Waals surface area contributed by atoms with Crippen LogP contribution in [0.15, 0.2) is 42.5 Å². The molecule has 0 fully saturated rings. The van der Waals surface area contributed by atoms with Gasteiger partial charge in [-0.15, -0.1) is 0 Å². The van der Waals surface area contributed by atoms with Gasteiger partial charge in [0, 0.05) is 19.9 Å². The Balaban J connectivity index is 2.36. The molecule has 0 unspecified atom stereocenters. The predicted molar refractivity (Wildman–Crippen MR) is 86.4 cm³/mol. The average Bonchev–Trinajstić information content (AvgIpc) is 2.43. The summed E-state index contributed by atoms with van der Waals surface area (Å²) in [6.45, 7) is 2.83. The van der Waals surface area contributed by atoms with Gasteiger partial charge < -0.3 is 21.1 Å². The second kappa shape index (κ2) is 6.62. The van der Waals surface area contributed by atoms with Gasteiger partial charge in [0.1, 0.15) is 5.75 Å². The summed E-state index contributed by atoms with van der Waals surface area (Å²) >= 11 is 0. The van der Waals surface area contributed by atoms with Crippen molar-refractivity contribution in [3.8, 4) is 5.75 Å². The van der Waals surface area contributed by atoms with Crippen LogP contribution >= 0.6 is 0 Å². The summed E-state index contributed by atoms with van der Waals surface area (Å²) in [6.07, 6.45) is 0. The Morgan fingerprint density at radius 1 is 0.818 bits per heavy atom. The smallest absolute Gasteiger partial charge is 0.221 e. The lowest BCUT2D eigenvalue weighted by Gasteiger charge is -2.15. The first-order chi connectivity index (χ1) is 10.5. The molecule has 0 heterocycles. The number of para-hydroxylation sites is 2. The van der Waals surface area contributed by atoms with Crippen LogP contribution in [0, 0.1) is 0 Å². The Morgan fingerprint density at radius 3 is 1.95 bits per heavy atom. The highest BCUT2D eigenvalue weighted by Gasteiger charge is 2.09. The molecular formula is C16H17N3O3. The zero-order valence-electron chi connectivity index (χ0n) is 12.3. The predicted octanol–water partition coefficient (Wildman–Crippen LogP) is 3.05. The van der Waals surface area contributed by atoms with Gasteiger partial charge in [0.25, 0.3) is 0 Å². The summed E-state index contributed by atoms with van der Waals surface area (Å²) in [4.78, 5) is 22.5. The Hall–Kier alpha value is -3.02. The first-order valence-electron chi connectivity index (χ1n) is 6.70. The van der Waals surface area contributed by atoms with Crippen LogP contribution in [0.2, 0.25) is 0 Å². The second-order valence-corrected chi connectivity index (χ2v) is 4.76. The quantitative estimate of drug-likeness (QED) is 0.653. The standard InChI is InChI=1S/C16H17N3O3/c1-10(20)17-13-5-3-4-6-14(13)19-16-9-12(22)7-8-15(16)18-11(2)21/h3-9,19,22H,1-2H3,(H,17,20)(H,18,21). The van der Waals surface area contributed by atoms with E-state index in [2.05, 4.69) is 16.0 Å². The molecule has 0 saturated carbocycles. The molecule has 2 aromatic rings. The molecule has 22 heavy (non-hydrogen) atoms. The fraction of sp³-hybridized carbons (Fsp3) is 0.125. The van der Waals surface area contributed by atoms with E-state index in [1.165, 1.54) is 26.0 Å². The van der Waals surface area contributed by atoms with Gasteiger partial charge in [-0.3, -0.25) is 9.59 Å². The third-order valence-electron chi connectivity index (χ3n) is 2.82. The zero-order chi connectivity index (χ0) is 16.1. The third-order valence-corrected chi connectivity index (χ3v) is 2.82. The van der Waals surface area contributed by atoms with Crippen molar-refractivity contribution in [1.82, 2.24) is 0 Å². The molecule has 0 aliphatic carbocycles. The van der Waals surface area contributed by atoms with E-state index < -0.39 is 0 Å². The molecular weight excluding hydrogens is 282 g/mol. The Labute approximate surface area is 128 Å². The van der Waals surface area contributed by atoms with E-state index in [1.54, 1.807) is 24.3 Å². The van der Waals surface area contributed by atoms with E-state index in [0.29, 0.717) is 22.7 Å². The summed E-state index contributed by atoms with van der Waals surface area (Å²) in [5, 5.41) is 18.1. The molecule has 4 N–H and O–H groups in total. The fourth-order valence-corrected chi connectivity index (χ4v) is 1.97. The maximum Gasteiger partial charge on any atom is 0.221 e. The van der Waals surface area contributed by atoms with Crippen LogP contribution in [-0.2, 0) is 9.59 Å². The number of phenols is 1. The van der Waals surface area contributed by atoms with Crippen LogP contribution in [0.5, 0.6) is 5.75 Å². The van der Waals surface area contributed by atoms with E-state index >= 15 is 0 Å². The van der Waals surface area contributed by atoms with Gasteiger partial charge in [-0.05, 0) is 24.3 Å². The summed E-state index contributed by atoms with van der Waals surface area (Å²) in [5.41, 5.74) is 2.30. The molecule has 114 valence electrons. The second-order valence-electron chi connectivity index (χ2n) is 4.76. The molecule has 0 spiro atoms. The topological polar surface area (TPSA) is 90.5 Å². The molecule has 6 heteroatoms. The Kier molecular flexibility index (Phi) is 4.63. The number of aromatic hydroxyl groups is 1. The van der Waals surface area contributed by atoms with Gasteiger partial charge in [-0.1, -0.05) is 12.1 Å². The Morgan fingerprint density at radius 2 is 1.36 bits per heavy atom. The van der Waals surface area contributed by atoms with Gasteiger partial charge >= 0.3 is 0 Å². The molecule has 6 nitrogen and oxygen atoms in total. The van der Waals surface area contributed by atoms with E-state index in [0.717, 1.165) is 0 Å². The largest absolute Gasteiger partial charge is 0.508 e. The number of hydrogen-bond donors (Lipinski definition) is 4. The lowest BCUT2D eigenvalue weighted by atomic mass is 10.2.